The van der Waals surface area contributed by atoms with Crippen molar-refractivity contribution < 1.29 is 9.53 Å². The SMILES string of the molecule is COCCn1c(=NC(=O)c2ccccc2SC)sc2ccccc21. The highest BCUT2D eigenvalue weighted by atomic mass is 32.2. The molecule has 4 nitrogen and oxygen atoms in total. The molecule has 0 aliphatic heterocycles. The van der Waals surface area contributed by atoms with Crippen LogP contribution in [0.3, 0.4) is 0 Å². The van der Waals surface area contributed by atoms with Crippen LogP contribution in [0.5, 0.6) is 0 Å². The van der Waals surface area contributed by atoms with Crippen molar-refractivity contribution in [2.75, 3.05) is 20.0 Å². The number of rotatable bonds is 5. The van der Waals surface area contributed by atoms with Gasteiger partial charge in [0.25, 0.3) is 5.91 Å². The molecule has 1 aromatic heterocycles. The summed E-state index contributed by atoms with van der Waals surface area (Å²) in [6.45, 7) is 1.24. The summed E-state index contributed by atoms with van der Waals surface area (Å²) in [5.41, 5.74) is 1.71. The number of methoxy groups -OCH3 is 1. The molecule has 2 aromatic carbocycles. The Morgan fingerprint density at radius 3 is 2.75 bits per heavy atom. The van der Waals surface area contributed by atoms with Crippen molar-refractivity contribution in [2.24, 2.45) is 4.99 Å². The fourth-order valence-corrected chi connectivity index (χ4v) is 4.12. The van der Waals surface area contributed by atoms with E-state index in [4.69, 9.17) is 4.74 Å². The standard InChI is InChI=1S/C18H18N2O2S2/c1-22-12-11-20-14-8-4-6-10-16(14)24-18(20)19-17(21)13-7-3-5-9-15(13)23-2/h3-10H,11-12H2,1-2H3. The zero-order valence-corrected chi connectivity index (χ0v) is 15.2. The Bertz CT molecular complexity index is 928. The molecule has 0 aliphatic carbocycles. The molecule has 3 rings (SSSR count). The van der Waals surface area contributed by atoms with E-state index < -0.39 is 0 Å². The van der Waals surface area contributed by atoms with Crippen molar-refractivity contribution in [3.63, 3.8) is 0 Å². The quantitative estimate of drug-likeness (QED) is 0.652. The van der Waals surface area contributed by atoms with Gasteiger partial charge in [-0.25, -0.2) is 0 Å². The number of fused-ring (bicyclic) bond motifs is 1. The number of ether oxygens (including phenoxy) is 1. The van der Waals surface area contributed by atoms with Crippen LogP contribution in [0, 0.1) is 0 Å². The third-order valence-corrected chi connectivity index (χ3v) is 5.50. The highest BCUT2D eigenvalue weighted by Crippen LogP contribution is 2.21. The van der Waals surface area contributed by atoms with Gasteiger partial charge in [0.05, 0.1) is 22.4 Å². The molecule has 124 valence electrons. The molecule has 24 heavy (non-hydrogen) atoms. The van der Waals surface area contributed by atoms with Gasteiger partial charge in [-0.05, 0) is 30.5 Å². The minimum atomic E-state index is -0.210. The first-order valence-electron chi connectivity index (χ1n) is 7.54. The minimum absolute atomic E-state index is 0.210. The number of benzene rings is 2. The molecule has 0 bridgehead atoms. The first-order valence-corrected chi connectivity index (χ1v) is 9.58. The Morgan fingerprint density at radius 1 is 1.21 bits per heavy atom. The average Bonchev–Trinajstić information content (AvgIpc) is 2.96. The molecule has 1 heterocycles. The molecule has 0 radical (unpaired) electrons. The second kappa shape index (κ2) is 7.79. The van der Waals surface area contributed by atoms with Gasteiger partial charge in [0.2, 0.25) is 0 Å². The van der Waals surface area contributed by atoms with E-state index in [0.29, 0.717) is 23.5 Å². The van der Waals surface area contributed by atoms with E-state index in [-0.39, 0.29) is 5.91 Å². The van der Waals surface area contributed by atoms with Gasteiger partial charge in [0.15, 0.2) is 4.80 Å². The van der Waals surface area contributed by atoms with E-state index in [2.05, 4.69) is 4.99 Å². The van der Waals surface area contributed by atoms with Crippen molar-refractivity contribution in [2.45, 2.75) is 11.4 Å². The molecule has 0 saturated carbocycles. The van der Waals surface area contributed by atoms with Crippen LogP contribution in [0.1, 0.15) is 10.4 Å². The smallest absolute Gasteiger partial charge is 0.280 e. The number of nitrogens with zero attached hydrogens (tertiary/aromatic N) is 2. The lowest BCUT2D eigenvalue weighted by molar-refractivity contribution is 0.0994. The van der Waals surface area contributed by atoms with Crippen LogP contribution in [0.4, 0.5) is 0 Å². The van der Waals surface area contributed by atoms with Gasteiger partial charge in [-0.1, -0.05) is 35.6 Å². The number of thioether (sulfide) groups is 1. The normalized spacial score (nSPS) is 12.0. The highest BCUT2D eigenvalue weighted by Gasteiger charge is 2.11. The van der Waals surface area contributed by atoms with Crippen molar-refractivity contribution >= 4 is 39.2 Å². The number of hydrogen-bond donors (Lipinski definition) is 0. The third kappa shape index (κ3) is 3.45. The van der Waals surface area contributed by atoms with Crippen molar-refractivity contribution in [1.82, 2.24) is 4.57 Å². The zero-order chi connectivity index (χ0) is 16.9. The summed E-state index contributed by atoms with van der Waals surface area (Å²) in [7, 11) is 1.67. The van der Waals surface area contributed by atoms with Gasteiger partial charge < -0.3 is 9.30 Å². The maximum absolute atomic E-state index is 12.7. The van der Waals surface area contributed by atoms with E-state index in [1.165, 1.54) is 11.3 Å². The monoisotopic (exact) mass is 358 g/mol. The van der Waals surface area contributed by atoms with Crippen LogP contribution in [-0.2, 0) is 11.3 Å². The van der Waals surface area contributed by atoms with E-state index >= 15 is 0 Å². The lowest BCUT2D eigenvalue weighted by Gasteiger charge is -2.05. The maximum atomic E-state index is 12.7. The average molecular weight is 358 g/mol. The number of hydrogen-bond acceptors (Lipinski definition) is 4. The zero-order valence-electron chi connectivity index (χ0n) is 13.6. The lowest BCUT2D eigenvalue weighted by Crippen LogP contribution is -2.19. The summed E-state index contributed by atoms with van der Waals surface area (Å²) in [4.78, 5) is 18.7. The highest BCUT2D eigenvalue weighted by molar-refractivity contribution is 7.98. The molecule has 0 N–H and O–H groups in total. The summed E-state index contributed by atoms with van der Waals surface area (Å²) in [6, 6.07) is 15.6. The Labute approximate surface area is 148 Å². The first-order chi connectivity index (χ1) is 11.7. The Hall–Kier alpha value is -1.89. The third-order valence-electron chi connectivity index (χ3n) is 3.64. The first kappa shape index (κ1) is 17.0. The molecule has 1 amide bonds. The van der Waals surface area contributed by atoms with Gasteiger partial charge in [0, 0.05) is 18.6 Å². The van der Waals surface area contributed by atoms with Gasteiger partial charge in [-0.15, -0.1) is 11.8 Å². The summed E-state index contributed by atoms with van der Waals surface area (Å²) in [5, 5.41) is 0. The molecule has 0 atom stereocenters. The summed E-state index contributed by atoms with van der Waals surface area (Å²) in [6.07, 6.45) is 1.96. The number of thiazole rings is 1. The fraction of sp³-hybridized carbons (Fsp3) is 0.222. The number of carbonyl (C=O) groups excluding carboxylic acids is 1. The maximum Gasteiger partial charge on any atom is 0.280 e. The summed E-state index contributed by atoms with van der Waals surface area (Å²) in [5.74, 6) is -0.210. The van der Waals surface area contributed by atoms with Crippen LogP contribution < -0.4 is 4.80 Å². The number of amides is 1. The van der Waals surface area contributed by atoms with Gasteiger partial charge >= 0.3 is 0 Å². The molecule has 6 heteroatoms. The number of para-hydroxylation sites is 1. The summed E-state index contributed by atoms with van der Waals surface area (Å²) >= 11 is 3.08. The van der Waals surface area contributed by atoms with Crippen molar-refractivity contribution in [3.05, 3.63) is 58.9 Å². The van der Waals surface area contributed by atoms with Crippen molar-refractivity contribution in [3.8, 4) is 0 Å². The van der Waals surface area contributed by atoms with Gasteiger partial charge in [-0.3, -0.25) is 4.79 Å². The number of carbonyl (C=O) groups is 1. The molecule has 0 fully saturated rings. The van der Waals surface area contributed by atoms with Crippen LogP contribution in [0.2, 0.25) is 0 Å². The molecule has 0 aliphatic rings. The molecule has 0 saturated heterocycles. The lowest BCUT2D eigenvalue weighted by atomic mass is 10.2. The summed E-state index contributed by atoms with van der Waals surface area (Å²) < 4.78 is 8.35. The molecular weight excluding hydrogens is 340 g/mol. The van der Waals surface area contributed by atoms with E-state index in [9.17, 15) is 4.79 Å². The minimum Gasteiger partial charge on any atom is -0.383 e. The van der Waals surface area contributed by atoms with Gasteiger partial charge in [0.1, 0.15) is 0 Å². The van der Waals surface area contributed by atoms with E-state index in [0.717, 1.165) is 15.1 Å². The largest absolute Gasteiger partial charge is 0.383 e. The Morgan fingerprint density at radius 2 is 1.96 bits per heavy atom. The van der Waals surface area contributed by atoms with Crippen molar-refractivity contribution in [1.29, 1.82) is 0 Å². The van der Waals surface area contributed by atoms with Crippen LogP contribution in [0.25, 0.3) is 10.2 Å². The number of aromatic nitrogens is 1. The molecule has 0 spiro atoms. The van der Waals surface area contributed by atoms with E-state index in [1.807, 2.05) is 59.4 Å². The second-order valence-corrected chi connectivity index (χ2v) is 6.97. The topological polar surface area (TPSA) is 43.6 Å². The van der Waals surface area contributed by atoms with Crippen LogP contribution in [-0.4, -0.2) is 30.4 Å². The van der Waals surface area contributed by atoms with Crippen LogP contribution >= 0.6 is 23.1 Å². The van der Waals surface area contributed by atoms with E-state index in [1.54, 1.807) is 18.9 Å². The predicted molar refractivity (Wildman–Crippen MR) is 99.8 cm³/mol. The predicted octanol–water partition coefficient (Wildman–Crippen LogP) is 3.81. The molecule has 3 aromatic rings. The Kier molecular flexibility index (Phi) is 5.50. The second-order valence-electron chi connectivity index (χ2n) is 5.11. The van der Waals surface area contributed by atoms with Crippen LogP contribution in [0.15, 0.2) is 58.4 Å². The molecular formula is C18H18N2O2S2. The van der Waals surface area contributed by atoms with Gasteiger partial charge in [-0.2, -0.15) is 4.99 Å². The fourth-order valence-electron chi connectivity index (χ4n) is 2.47. The Balaban J connectivity index is 2.10. The molecule has 0 unspecified atom stereocenters.